The third-order valence-corrected chi connectivity index (χ3v) is 3.13. The van der Waals surface area contributed by atoms with E-state index in [0.29, 0.717) is 5.69 Å². The lowest BCUT2D eigenvalue weighted by Crippen LogP contribution is -2.38. The van der Waals surface area contributed by atoms with Gasteiger partial charge >= 0.3 is 5.97 Å². The van der Waals surface area contributed by atoms with Crippen LogP contribution in [0.5, 0.6) is 0 Å². The van der Waals surface area contributed by atoms with E-state index in [1.54, 1.807) is 31.3 Å². The number of anilines is 1. The van der Waals surface area contributed by atoms with Crippen molar-refractivity contribution in [1.82, 2.24) is 5.43 Å². The third-order valence-electron chi connectivity index (χ3n) is 3.13. The van der Waals surface area contributed by atoms with E-state index in [1.165, 1.54) is 12.0 Å². The van der Waals surface area contributed by atoms with E-state index >= 15 is 0 Å². The lowest BCUT2D eigenvalue weighted by molar-refractivity contribution is -0.121. The molecule has 1 aromatic carbocycles. The van der Waals surface area contributed by atoms with Crippen LogP contribution in [-0.2, 0) is 14.3 Å². The number of nitrogens with one attached hydrogen (secondary N) is 1. The molecular formula is C14H15N3O4. The van der Waals surface area contributed by atoms with Gasteiger partial charge in [-0.3, -0.25) is 9.59 Å². The van der Waals surface area contributed by atoms with Gasteiger partial charge in [0.05, 0.1) is 18.4 Å². The number of carbonyl (C=O) groups is 3. The molecule has 0 aromatic heterocycles. The van der Waals surface area contributed by atoms with E-state index in [-0.39, 0.29) is 35.9 Å². The predicted molar refractivity (Wildman–Crippen MR) is 76.0 cm³/mol. The molecule has 1 aliphatic rings. The molecule has 1 aromatic rings. The Kier molecular flexibility index (Phi) is 4.32. The van der Waals surface area contributed by atoms with Crippen molar-refractivity contribution in [3.05, 3.63) is 29.8 Å². The van der Waals surface area contributed by atoms with E-state index in [0.717, 1.165) is 0 Å². The fourth-order valence-electron chi connectivity index (χ4n) is 1.98. The highest BCUT2D eigenvalue weighted by Gasteiger charge is 2.25. The number of benzene rings is 1. The van der Waals surface area contributed by atoms with Crippen molar-refractivity contribution in [2.24, 2.45) is 5.10 Å². The fourth-order valence-corrected chi connectivity index (χ4v) is 1.98. The summed E-state index contributed by atoms with van der Waals surface area (Å²) in [5, 5.41) is 3.76. The molecule has 0 saturated heterocycles. The van der Waals surface area contributed by atoms with Gasteiger partial charge in [0, 0.05) is 19.9 Å². The zero-order valence-corrected chi connectivity index (χ0v) is 11.8. The average molecular weight is 289 g/mol. The number of nitrogens with zero attached hydrogens (tertiary/aromatic N) is 2. The molecule has 0 radical (unpaired) electrons. The Balaban J connectivity index is 2.28. The molecule has 2 rings (SSSR count). The van der Waals surface area contributed by atoms with Crippen LogP contribution in [-0.4, -0.2) is 37.7 Å². The second-order valence-corrected chi connectivity index (χ2v) is 4.47. The molecule has 110 valence electrons. The standard InChI is InChI=1S/C14H15N3O4/c1-17(13(19)10-7-8-12(18)16-15-10)11-6-4-3-5-9(11)14(20)21-2/h3-6H,7-8H2,1-2H3,(H,16,18). The summed E-state index contributed by atoms with van der Waals surface area (Å²) in [4.78, 5) is 36.5. The van der Waals surface area contributed by atoms with Crippen molar-refractivity contribution in [3.8, 4) is 0 Å². The van der Waals surface area contributed by atoms with Gasteiger partial charge in [-0.05, 0) is 12.1 Å². The van der Waals surface area contributed by atoms with E-state index < -0.39 is 5.97 Å². The van der Waals surface area contributed by atoms with Crippen LogP contribution >= 0.6 is 0 Å². The van der Waals surface area contributed by atoms with Crippen molar-refractivity contribution in [3.63, 3.8) is 0 Å². The summed E-state index contributed by atoms with van der Waals surface area (Å²) in [6.45, 7) is 0. The van der Waals surface area contributed by atoms with Crippen LogP contribution in [0.4, 0.5) is 5.69 Å². The number of esters is 1. The predicted octanol–water partition coefficient (Wildman–Crippen LogP) is 0.702. The number of hydrogen-bond acceptors (Lipinski definition) is 5. The molecule has 21 heavy (non-hydrogen) atoms. The first-order valence-corrected chi connectivity index (χ1v) is 6.35. The molecule has 0 aliphatic carbocycles. The van der Waals surface area contributed by atoms with Gasteiger partial charge in [-0.1, -0.05) is 12.1 Å². The van der Waals surface area contributed by atoms with E-state index in [1.807, 2.05) is 0 Å². The lowest BCUT2D eigenvalue weighted by Gasteiger charge is -2.21. The topological polar surface area (TPSA) is 88.1 Å². The summed E-state index contributed by atoms with van der Waals surface area (Å²) in [5.74, 6) is -1.11. The quantitative estimate of drug-likeness (QED) is 0.830. The molecule has 0 fully saturated rings. The Morgan fingerprint density at radius 3 is 2.62 bits per heavy atom. The van der Waals surface area contributed by atoms with Gasteiger partial charge in [-0.25, -0.2) is 10.2 Å². The first-order valence-electron chi connectivity index (χ1n) is 6.35. The van der Waals surface area contributed by atoms with Crippen LogP contribution in [0, 0.1) is 0 Å². The smallest absolute Gasteiger partial charge is 0.339 e. The number of ether oxygens (including phenoxy) is 1. The second-order valence-electron chi connectivity index (χ2n) is 4.47. The molecule has 1 N–H and O–H groups in total. The van der Waals surface area contributed by atoms with Gasteiger partial charge in [-0.15, -0.1) is 0 Å². The first-order chi connectivity index (χ1) is 10.0. The van der Waals surface area contributed by atoms with Gasteiger partial charge in [-0.2, -0.15) is 5.10 Å². The molecule has 1 aliphatic heterocycles. The summed E-state index contributed by atoms with van der Waals surface area (Å²) >= 11 is 0. The molecule has 0 spiro atoms. The Hall–Kier alpha value is -2.70. The minimum absolute atomic E-state index is 0.218. The number of amides is 2. The second kappa shape index (κ2) is 6.17. The summed E-state index contributed by atoms with van der Waals surface area (Å²) in [6.07, 6.45) is 0.493. The van der Waals surface area contributed by atoms with Crippen LogP contribution < -0.4 is 10.3 Å². The number of para-hydroxylation sites is 1. The largest absolute Gasteiger partial charge is 0.465 e. The van der Waals surface area contributed by atoms with Gasteiger partial charge in [0.15, 0.2) is 0 Å². The van der Waals surface area contributed by atoms with Gasteiger partial charge < -0.3 is 9.64 Å². The summed E-state index contributed by atoms with van der Waals surface area (Å²) in [6, 6.07) is 6.63. The molecule has 1 heterocycles. The van der Waals surface area contributed by atoms with Crippen LogP contribution in [0.15, 0.2) is 29.4 Å². The molecule has 0 bridgehead atoms. The molecule has 2 amide bonds. The molecule has 7 heteroatoms. The molecule has 7 nitrogen and oxygen atoms in total. The molecule has 0 saturated carbocycles. The fraction of sp³-hybridized carbons (Fsp3) is 0.286. The van der Waals surface area contributed by atoms with E-state index in [2.05, 4.69) is 10.5 Å². The third kappa shape index (κ3) is 3.07. The zero-order valence-electron chi connectivity index (χ0n) is 11.8. The zero-order chi connectivity index (χ0) is 15.4. The van der Waals surface area contributed by atoms with Gasteiger partial charge in [0.25, 0.3) is 5.91 Å². The van der Waals surface area contributed by atoms with Crippen molar-refractivity contribution in [1.29, 1.82) is 0 Å². The van der Waals surface area contributed by atoms with Crippen LogP contribution in [0.25, 0.3) is 0 Å². The maximum absolute atomic E-state index is 12.4. The van der Waals surface area contributed by atoms with Crippen molar-refractivity contribution in [2.45, 2.75) is 12.8 Å². The van der Waals surface area contributed by atoms with E-state index in [4.69, 9.17) is 4.74 Å². The number of hydrazone groups is 1. The Morgan fingerprint density at radius 1 is 1.29 bits per heavy atom. The Bertz CT molecular complexity index is 624. The van der Waals surface area contributed by atoms with Crippen LogP contribution in [0.2, 0.25) is 0 Å². The highest BCUT2D eigenvalue weighted by atomic mass is 16.5. The minimum atomic E-state index is -0.524. The van der Waals surface area contributed by atoms with Crippen molar-refractivity contribution in [2.75, 3.05) is 19.1 Å². The van der Waals surface area contributed by atoms with Gasteiger partial charge in [0.2, 0.25) is 5.91 Å². The maximum Gasteiger partial charge on any atom is 0.339 e. The van der Waals surface area contributed by atoms with Crippen molar-refractivity contribution < 1.29 is 19.1 Å². The van der Waals surface area contributed by atoms with E-state index in [9.17, 15) is 14.4 Å². The van der Waals surface area contributed by atoms with Crippen LogP contribution in [0.3, 0.4) is 0 Å². The maximum atomic E-state index is 12.4. The normalized spacial score (nSPS) is 14.0. The number of hydrogen-bond donors (Lipinski definition) is 1. The summed E-state index contributed by atoms with van der Waals surface area (Å²) < 4.78 is 4.70. The molecule has 0 atom stereocenters. The Morgan fingerprint density at radius 2 is 2.00 bits per heavy atom. The SMILES string of the molecule is COC(=O)c1ccccc1N(C)C(=O)C1=NNC(=O)CC1. The first kappa shape index (κ1) is 14.7. The summed E-state index contributed by atoms with van der Waals surface area (Å²) in [5.41, 5.74) is 3.24. The minimum Gasteiger partial charge on any atom is -0.465 e. The number of methoxy groups -OCH3 is 1. The molecular weight excluding hydrogens is 274 g/mol. The highest BCUT2D eigenvalue weighted by Crippen LogP contribution is 2.21. The van der Waals surface area contributed by atoms with Gasteiger partial charge in [0.1, 0.15) is 5.71 Å². The number of carbonyl (C=O) groups excluding carboxylic acids is 3. The van der Waals surface area contributed by atoms with Crippen LogP contribution in [0.1, 0.15) is 23.2 Å². The monoisotopic (exact) mass is 289 g/mol. The number of rotatable bonds is 3. The summed E-state index contributed by atoms with van der Waals surface area (Å²) in [7, 11) is 2.82. The Labute approximate surface area is 121 Å². The highest BCUT2D eigenvalue weighted by molar-refractivity contribution is 6.44. The average Bonchev–Trinajstić information content (AvgIpc) is 2.53. The van der Waals surface area contributed by atoms with Crippen molar-refractivity contribution >= 4 is 29.2 Å². The molecule has 0 unspecified atom stereocenters. The lowest BCUT2D eigenvalue weighted by atomic mass is 10.1.